The summed E-state index contributed by atoms with van der Waals surface area (Å²) in [5, 5.41) is 6.33. The number of hydrogen-bond acceptors (Lipinski definition) is 2. The number of carbonyl (C=O) groups excluding carboxylic acids is 1. The second kappa shape index (κ2) is 6.93. The summed E-state index contributed by atoms with van der Waals surface area (Å²) in [7, 11) is 0. The van der Waals surface area contributed by atoms with Gasteiger partial charge in [-0.3, -0.25) is 4.79 Å². The summed E-state index contributed by atoms with van der Waals surface area (Å²) < 4.78 is 0. The number of benzene rings is 2. The van der Waals surface area contributed by atoms with Crippen LogP contribution in [0.15, 0.2) is 54.6 Å². The first-order valence-corrected chi connectivity index (χ1v) is 7.28. The van der Waals surface area contributed by atoms with Gasteiger partial charge < -0.3 is 10.6 Å². The maximum absolute atomic E-state index is 12.0. The van der Waals surface area contributed by atoms with Gasteiger partial charge in [0.25, 0.3) is 5.91 Å². The molecule has 0 saturated heterocycles. The molecule has 3 heteroatoms. The van der Waals surface area contributed by atoms with E-state index in [4.69, 9.17) is 0 Å². The molecule has 3 nitrogen and oxygen atoms in total. The molecule has 1 atom stereocenters. The molecular weight excluding hydrogens is 260 g/mol. The van der Waals surface area contributed by atoms with Crippen molar-refractivity contribution < 1.29 is 4.79 Å². The van der Waals surface area contributed by atoms with Crippen molar-refractivity contribution in [2.24, 2.45) is 0 Å². The van der Waals surface area contributed by atoms with Crippen LogP contribution in [-0.2, 0) is 0 Å². The molecule has 0 bridgehead atoms. The van der Waals surface area contributed by atoms with Crippen molar-refractivity contribution in [2.75, 3.05) is 5.32 Å². The summed E-state index contributed by atoms with van der Waals surface area (Å²) in [5.41, 5.74) is 2.84. The lowest BCUT2D eigenvalue weighted by atomic mass is 10.1. The van der Waals surface area contributed by atoms with E-state index in [2.05, 4.69) is 29.7 Å². The molecule has 2 aromatic rings. The minimum atomic E-state index is -0.0407. The third-order valence-electron chi connectivity index (χ3n) is 3.23. The number of hydrogen-bond donors (Lipinski definition) is 2. The average Bonchev–Trinajstić information content (AvgIpc) is 2.47. The summed E-state index contributed by atoms with van der Waals surface area (Å²) in [6.45, 7) is 6.02. The van der Waals surface area contributed by atoms with E-state index < -0.39 is 0 Å². The lowest BCUT2D eigenvalue weighted by Gasteiger charge is -2.16. The Morgan fingerprint density at radius 3 is 2.33 bits per heavy atom. The van der Waals surface area contributed by atoms with Gasteiger partial charge in [-0.05, 0) is 44.5 Å². The van der Waals surface area contributed by atoms with Crippen LogP contribution in [0, 0.1) is 0 Å². The Balaban J connectivity index is 2.09. The van der Waals surface area contributed by atoms with Crippen molar-refractivity contribution >= 4 is 11.6 Å². The normalized spacial score (nSPS) is 12.0. The number of carbonyl (C=O) groups is 1. The van der Waals surface area contributed by atoms with E-state index in [0.29, 0.717) is 5.56 Å². The highest BCUT2D eigenvalue weighted by Gasteiger charge is 2.09. The molecule has 0 fully saturated rings. The van der Waals surface area contributed by atoms with E-state index in [9.17, 15) is 4.79 Å². The van der Waals surface area contributed by atoms with E-state index in [-0.39, 0.29) is 18.0 Å². The van der Waals surface area contributed by atoms with Gasteiger partial charge in [0.05, 0.1) is 0 Å². The lowest BCUT2D eigenvalue weighted by molar-refractivity contribution is 0.0943. The summed E-state index contributed by atoms with van der Waals surface area (Å²) in [5.74, 6) is -0.0407. The van der Waals surface area contributed by atoms with Crippen LogP contribution in [-0.4, -0.2) is 11.9 Å². The Kier molecular flexibility index (Phi) is 4.99. The highest BCUT2D eigenvalue weighted by Crippen LogP contribution is 2.19. The van der Waals surface area contributed by atoms with Crippen molar-refractivity contribution in [3.05, 3.63) is 65.7 Å². The Labute approximate surface area is 126 Å². The number of anilines is 1. The maximum Gasteiger partial charge on any atom is 0.251 e. The van der Waals surface area contributed by atoms with E-state index in [1.165, 1.54) is 5.56 Å². The molecule has 110 valence electrons. The van der Waals surface area contributed by atoms with Gasteiger partial charge in [-0.1, -0.05) is 36.4 Å². The van der Waals surface area contributed by atoms with Crippen LogP contribution in [0.3, 0.4) is 0 Å². The molecule has 0 aliphatic carbocycles. The topological polar surface area (TPSA) is 41.1 Å². The van der Waals surface area contributed by atoms with E-state index >= 15 is 0 Å². The molecule has 0 saturated carbocycles. The van der Waals surface area contributed by atoms with Gasteiger partial charge in [-0.25, -0.2) is 0 Å². The minimum absolute atomic E-state index is 0.0407. The zero-order valence-electron chi connectivity index (χ0n) is 12.8. The second-order valence-corrected chi connectivity index (χ2v) is 5.49. The lowest BCUT2D eigenvalue weighted by Crippen LogP contribution is -2.30. The standard InChI is InChI=1S/C18H22N2O/c1-13(2)19-18(21)16-10-7-11-17(12-16)20-14(3)15-8-5-4-6-9-15/h4-14,20H,1-3H3,(H,19,21). The highest BCUT2D eigenvalue weighted by atomic mass is 16.1. The highest BCUT2D eigenvalue weighted by molar-refractivity contribution is 5.95. The summed E-state index contributed by atoms with van der Waals surface area (Å²) in [6.07, 6.45) is 0. The molecule has 21 heavy (non-hydrogen) atoms. The molecule has 2 N–H and O–H groups in total. The summed E-state index contributed by atoms with van der Waals surface area (Å²) in [4.78, 5) is 12.0. The third kappa shape index (κ3) is 4.35. The van der Waals surface area contributed by atoms with Gasteiger partial charge in [0, 0.05) is 23.3 Å². The van der Waals surface area contributed by atoms with E-state index in [1.807, 2.05) is 56.3 Å². The van der Waals surface area contributed by atoms with Gasteiger partial charge in [0.1, 0.15) is 0 Å². The van der Waals surface area contributed by atoms with Crippen LogP contribution >= 0.6 is 0 Å². The zero-order chi connectivity index (χ0) is 15.2. The fraction of sp³-hybridized carbons (Fsp3) is 0.278. The van der Waals surface area contributed by atoms with Gasteiger partial charge in [0.2, 0.25) is 0 Å². The number of nitrogens with one attached hydrogen (secondary N) is 2. The fourth-order valence-corrected chi connectivity index (χ4v) is 2.17. The molecule has 1 amide bonds. The van der Waals surface area contributed by atoms with Crippen LogP contribution in [0.5, 0.6) is 0 Å². The predicted octanol–water partition coefficient (Wildman–Crippen LogP) is 4.00. The molecule has 1 unspecified atom stereocenters. The minimum Gasteiger partial charge on any atom is -0.379 e. The summed E-state index contributed by atoms with van der Waals surface area (Å²) in [6, 6.07) is 18.2. The van der Waals surface area contributed by atoms with Crippen LogP contribution in [0.25, 0.3) is 0 Å². The van der Waals surface area contributed by atoms with Crippen LogP contribution in [0.4, 0.5) is 5.69 Å². The zero-order valence-corrected chi connectivity index (χ0v) is 12.8. The predicted molar refractivity (Wildman–Crippen MR) is 87.5 cm³/mol. The van der Waals surface area contributed by atoms with Crippen molar-refractivity contribution in [1.29, 1.82) is 0 Å². The van der Waals surface area contributed by atoms with Crippen molar-refractivity contribution in [1.82, 2.24) is 5.32 Å². The Hall–Kier alpha value is -2.29. The fourth-order valence-electron chi connectivity index (χ4n) is 2.17. The first-order chi connectivity index (χ1) is 10.1. The first-order valence-electron chi connectivity index (χ1n) is 7.28. The van der Waals surface area contributed by atoms with Crippen molar-refractivity contribution in [3.63, 3.8) is 0 Å². The SMILES string of the molecule is CC(C)NC(=O)c1cccc(NC(C)c2ccccc2)c1. The van der Waals surface area contributed by atoms with Crippen LogP contribution < -0.4 is 10.6 Å². The van der Waals surface area contributed by atoms with Gasteiger partial charge in [-0.15, -0.1) is 0 Å². The quantitative estimate of drug-likeness (QED) is 0.870. The number of amides is 1. The molecule has 2 rings (SSSR count). The van der Waals surface area contributed by atoms with Gasteiger partial charge >= 0.3 is 0 Å². The average molecular weight is 282 g/mol. The largest absolute Gasteiger partial charge is 0.379 e. The summed E-state index contributed by atoms with van der Waals surface area (Å²) >= 11 is 0. The molecular formula is C18H22N2O. The van der Waals surface area contributed by atoms with Crippen molar-refractivity contribution in [3.8, 4) is 0 Å². The van der Waals surface area contributed by atoms with E-state index in [1.54, 1.807) is 0 Å². The maximum atomic E-state index is 12.0. The Morgan fingerprint density at radius 2 is 1.67 bits per heavy atom. The van der Waals surface area contributed by atoms with Crippen LogP contribution in [0.1, 0.15) is 42.7 Å². The Bertz CT molecular complexity index is 593. The van der Waals surface area contributed by atoms with Crippen LogP contribution in [0.2, 0.25) is 0 Å². The van der Waals surface area contributed by atoms with Crippen molar-refractivity contribution in [2.45, 2.75) is 32.9 Å². The van der Waals surface area contributed by atoms with E-state index in [0.717, 1.165) is 5.69 Å². The molecule has 0 aromatic heterocycles. The molecule has 0 aliphatic rings. The first kappa shape index (κ1) is 15.1. The molecule has 0 spiro atoms. The van der Waals surface area contributed by atoms with Gasteiger partial charge in [-0.2, -0.15) is 0 Å². The molecule has 0 aliphatic heterocycles. The monoisotopic (exact) mass is 282 g/mol. The second-order valence-electron chi connectivity index (χ2n) is 5.49. The smallest absolute Gasteiger partial charge is 0.251 e. The Morgan fingerprint density at radius 1 is 0.952 bits per heavy atom. The number of rotatable bonds is 5. The third-order valence-corrected chi connectivity index (χ3v) is 3.23. The molecule has 2 aromatic carbocycles. The molecule has 0 heterocycles. The molecule has 0 radical (unpaired) electrons. The van der Waals surface area contributed by atoms with Gasteiger partial charge in [0.15, 0.2) is 0 Å².